The zero-order valence-corrected chi connectivity index (χ0v) is 10.6. The summed E-state index contributed by atoms with van der Waals surface area (Å²) in [5, 5.41) is 0. The van der Waals surface area contributed by atoms with Crippen LogP contribution in [0.2, 0.25) is 0 Å². The second-order valence-corrected chi connectivity index (χ2v) is 2.54. The molecule has 0 atom stereocenters. The summed E-state index contributed by atoms with van der Waals surface area (Å²) in [5.41, 5.74) is 6.15. The molecule has 0 aliphatic rings. The van der Waals surface area contributed by atoms with Gasteiger partial charge in [0.05, 0.1) is 0 Å². The molecule has 2 N–H and O–H groups in total. The largest absolute Gasteiger partial charge is 0.399 e. The van der Waals surface area contributed by atoms with Gasteiger partial charge in [-0.3, -0.25) is 0 Å². The highest BCUT2D eigenvalue weighted by Crippen LogP contribution is 1.84. The molecule has 0 radical (unpaired) electrons. The van der Waals surface area contributed by atoms with Gasteiger partial charge in [-0.05, 0) is 13.0 Å². The number of nitrogens with two attached hydrogens (primary N) is 1. The van der Waals surface area contributed by atoms with E-state index in [0.717, 1.165) is 5.70 Å². The lowest BCUT2D eigenvalue weighted by atomic mass is 10.4. The van der Waals surface area contributed by atoms with Gasteiger partial charge in [0.2, 0.25) is 0 Å². The molecule has 1 nitrogen and oxygen atoms in total. The van der Waals surface area contributed by atoms with Crippen molar-refractivity contribution in [3.63, 3.8) is 0 Å². The average molecular weight is 217 g/mol. The predicted octanol–water partition coefficient (Wildman–Crippen LogP) is 4.30. The highest BCUT2D eigenvalue weighted by molar-refractivity contribution is 5.17. The summed E-state index contributed by atoms with van der Waals surface area (Å²) in [6, 6.07) is 12.0. The van der Waals surface area contributed by atoms with Crippen LogP contribution >= 0.6 is 0 Å². The van der Waals surface area contributed by atoms with Crippen molar-refractivity contribution in [3.05, 3.63) is 73.0 Å². The Morgan fingerprint density at radius 1 is 1.00 bits per heavy atom. The summed E-state index contributed by atoms with van der Waals surface area (Å²) in [6.07, 6.45) is 7.12. The Morgan fingerprint density at radius 2 is 1.38 bits per heavy atom. The third kappa shape index (κ3) is 14.7. The van der Waals surface area contributed by atoms with Crippen LogP contribution in [0.25, 0.3) is 0 Å². The molecule has 0 saturated heterocycles. The fourth-order valence-corrected chi connectivity index (χ4v) is 0.660. The molecular weight excluding hydrogens is 194 g/mol. The van der Waals surface area contributed by atoms with Crippen molar-refractivity contribution in [1.29, 1.82) is 0 Å². The monoisotopic (exact) mass is 217 g/mol. The minimum absolute atomic E-state index is 0.768. The molecule has 0 unspecified atom stereocenters. The lowest BCUT2D eigenvalue weighted by Gasteiger charge is -1.83. The molecular formula is C15H23N. The van der Waals surface area contributed by atoms with Crippen LogP contribution < -0.4 is 5.73 Å². The van der Waals surface area contributed by atoms with Crippen molar-refractivity contribution in [2.45, 2.75) is 20.8 Å². The Morgan fingerprint density at radius 3 is 1.62 bits per heavy atom. The maximum Gasteiger partial charge on any atom is 0.0270 e. The third-order valence-corrected chi connectivity index (χ3v) is 1.42. The number of hydrogen-bond acceptors (Lipinski definition) is 1. The van der Waals surface area contributed by atoms with Gasteiger partial charge in [-0.1, -0.05) is 75.1 Å². The van der Waals surface area contributed by atoms with E-state index in [-0.39, 0.29) is 0 Å². The highest BCUT2D eigenvalue weighted by Gasteiger charge is 1.71. The molecule has 0 saturated carbocycles. The molecule has 0 aliphatic carbocycles. The molecule has 0 aliphatic heterocycles. The summed E-state index contributed by atoms with van der Waals surface area (Å²) in [4.78, 5) is 0. The second-order valence-electron chi connectivity index (χ2n) is 2.54. The minimum Gasteiger partial charge on any atom is -0.399 e. The van der Waals surface area contributed by atoms with Crippen molar-refractivity contribution in [2.75, 3.05) is 0 Å². The van der Waals surface area contributed by atoms with Crippen LogP contribution in [0, 0.1) is 0 Å². The first-order chi connectivity index (χ1) is 7.81. The van der Waals surface area contributed by atoms with Crippen LogP contribution in [0.3, 0.4) is 0 Å². The average Bonchev–Trinajstić information content (AvgIpc) is 2.41. The molecule has 0 amide bonds. The van der Waals surface area contributed by atoms with E-state index in [4.69, 9.17) is 5.73 Å². The Bertz CT molecular complexity index is 257. The SMILES string of the molecule is C=C/C=C\C(N)=C/C.CC.c1ccccc1. The van der Waals surface area contributed by atoms with Gasteiger partial charge in [0.25, 0.3) is 0 Å². The Balaban J connectivity index is 0. The zero-order chi connectivity index (χ0) is 12.6. The number of benzene rings is 1. The summed E-state index contributed by atoms with van der Waals surface area (Å²) >= 11 is 0. The quantitative estimate of drug-likeness (QED) is 0.734. The van der Waals surface area contributed by atoms with Crippen molar-refractivity contribution in [1.82, 2.24) is 0 Å². The molecule has 0 heterocycles. The smallest absolute Gasteiger partial charge is 0.0270 e. The van der Waals surface area contributed by atoms with Crippen LogP contribution in [0.4, 0.5) is 0 Å². The molecule has 1 aromatic rings. The van der Waals surface area contributed by atoms with Crippen molar-refractivity contribution in [3.8, 4) is 0 Å². The number of hydrogen-bond donors (Lipinski definition) is 1. The lowest BCUT2D eigenvalue weighted by Crippen LogP contribution is -1.89. The first kappa shape index (κ1) is 16.7. The highest BCUT2D eigenvalue weighted by atomic mass is 14.5. The zero-order valence-electron chi connectivity index (χ0n) is 10.6. The lowest BCUT2D eigenvalue weighted by molar-refractivity contribution is 1.40. The fourth-order valence-electron chi connectivity index (χ4n) is 0.660. The van der Waals surface area contributed by atoms with Gasteiger partial charge < -0.3 is 5.73 Å². The van der Waals surface area contributed by atoms with Gasteiger partial charge in [-0.15, -0.1) is 0 Å². The van der Waals surface area contributed by atoms with Gasteiger partial charge in [-0.25, -0.2) is 0 Å². The maximum atomic E-state index is 5.39. The van der Waals surface area contributed by atoms with Crippen LogP contribution in [0.5, 0.6) is 0 Å². The van der Waals surface area contributed by atoms with Gasteiger partial charge >= 0.3 is 0 Å². The van der Waals surface area contributed by atoms with Gasteiger partial charge in [0.15, 0.2) is 0 Å². The number of rotatable bonds is 2. The van der Waals surface area contributed by atoms with Gasteiger partial charge in [0, 0.05) is 5.70 Å². The molecule has 0 spiro atoms. The predicted molar refractivity (Wildman–Crippen MR) is 75.1 cm³/mol. The first-order valence-electron chi connectivity index (χ1n) is 5.52. The van der Waals surface area contributed by atoms with E-state index in [1.54, 1.807) is 18.2 Å². The third-order valence-electron chi connectivity index (χ3n) is 1.42. The van der Waals surface area contributed by atoms with E-state index in [0.29, 0.717) is 0 Å². The summed E-state index contributed by atoms with van der Waals surface area (Å²) in [6.45, 7) is 9.39. The molecule has 88 valence electrons. The second kappa shape index (κ2) is 15.7. The normalized spacial score (nSPS) is 9.56. The van der Waals surface area contributed by atoms with E-state index in [2.05, 4.69) is 6.58 Å². The Hall–Kier alpha value is -1.76. The molecule has 0 bridgehead atoms. The van der Waals surface area contributed by atoms with E-state index in [1.807, 2.05) is 63.2 Å². The molecule has 1 aromatic carbocycles. The van der Waals surface area contributed by atoms with Crippen LogP contribution in [0.1, 0.15) is 20.8 Å². The Kier molecular flexibility index (Phi) is 16.4. The van der Waals surface area contributed by atoms with E-state index in [9.17, 15) is 0 Å². The van der Waals surface area contributed by atoms with Crippen LogP contribution in [-0.2, 0) is 0 Å². The molecule has 1 rings (SSSR count). The summed E-state index contributed by atoms with van der Waals surface area (Å²) in [5.74, 6) is 0. The van der Waals surface area contributed by atoms with Crippen LogP contribution in [-0.4, -0.2) is 0 Å². The van der Waals surface area contributed by atoms with Crippen LogP contribution in [0.15, 0.2) is 73.0 Å². The van der Waals surface area contributed by atoms with E-state index < -0.39 is 0 Å². The molecule has 0 aromatic heterocycles. The van der Waals surface area contributed by atoms with E-state index in [1.165, 1.54) is 0 Å². The number of allylic oxidation sites excluding steroid dienone is 4. The topological polar surface area (TPSA) is 26.0 Å². The van der Waals surface area contributed by atoms with E-state index >= 15 is 0 Å². The molecule has 16 heavy (non-hydrogen) atoms. The summed E-state index contributed by atoms with van der Waals surface area (Å²) < 4.78 is 0. The molecule has 0 fully saturated rings. The van der Waals surface area contributed by atoms with Gasteiger partial charge in [-0.2, -0.15) is 0 Å². The maximum absolute atomic E-state index is 5.39. The standard InChI is InChI=1S/C7H11N.C6H6.C2H6/c1-3-5-6-7(8)4-2;1-2-4-6-5-3-1;1-2/h3-6H,1,8H2,2H3;1-6H;1-2H3/b6-5-,7-4+;;. The van der Waals surface area contributed by atoms with Gasteiger partial charge in [0.1, 0.15) is 0 Å². The minimum atomic E-state index is 0.768. The first-order valence-corrected chi connectivity index (χ1v) is 5.52. The molecule has 1 heteroatoms. The Labute approximate surface area is 100.0 Å². The van der Waals surface area contributed by atoms with Crippen molar-refractivity contribution in [2.24, 2.45) is 5.73 Å². The van der Waals surface area contributed by atoms with Crippen molar-refractivity contribution >= 4 is 0 Å². The summed E-state index contributed by atoms with van der Waals surface area (Å²) in [7, 11) is 0. The van der Waals surface area contributed by atoms with Crippen molar-refractivity contribution < 1.29 is 0 Å². The fraction of sp³-hybridized carbons (Fsp3) is 0.200.